The third kappa shape index (κ3) is 5.15. The van der Waals surface area contributed by atoms with Gasteiger partial charge in [0.1, 0.15) is 0 Å². The smallest absolute Gasteiger partial charge is 0.233 e. The van der Waals surface area contributed by atoms with E-state index in [-0.39, 0.29) is 11.2 Å². The van der Waals surface area contributed by atoms with Gasteiger partial charge in [0.25, 0.3) is 0 Å². The monoisotopic (exact) mass is 294 g/mol. The topological polar surface area (TPSA) is 41.6 Å². The Balaban J connectivity index is 1.66. The van der Waals surface area contributed by atoms with E-state index in [4.69, 9.17) is 4.74 Å². The van der Waals surface area contributed by atoms with Gasteiger partial charge in [0, 0.05) is 31.1 Å². The van der Waals surface area contributed by atoms with Crippen LogP contribution in [0.5, 0.6) is 0 Å². The van der Waals surface area contributed by atoms with Crippen LogP contribution >= 0.6 is 11.8 Å². The van der Waals surface area contributed by atoms with E-state index in [0.29, 0.717) is 6.54 Å². The number of ether oxygens (including phenoxy) is 1. The Morgan fingerprint density at radius 2 is 2.05 bits per heavy atom. The van der Waals surface area contributed by atoms with Gasteiger partial charge in [-0.2, -0.15) is 0 Å². The van der Waals surface area contributed by atoms with Gasteiger partial charge < -0.3 is 10.1 Å². The maximum atomic E-state index is 12.0. The number of amides is 1. The molecule has 110 valence electrons. The first-order chi connectivity index (χ1) is 9.75. The number of hydrogen-bond acceptors (Lipinski definition) is 4. The van der Waals surface area contributed by atoms with Crippen molar-refractivity contribution in [2.45, 2.75) is 17.1 Å². The molecule has 0 aliphatic carbocycles. The summed E-state index contributed by atoms with van der Waals surface area (Å²) in [5.74, 6) is 0.104. The number of thioether (sulfide) groups is 1. The molecular weight excluding hydrogens is 272 g/mol. The molecule has 20 heavy (non-hydrogen) atoms. The SMILES string of the molecule is C[C@@H](Sc1ccccc1)C(=O)NCCN1CCOCC1. The van der Waals surface area contributed by atoms with Gasteiger partial charge in [-0.3, -0.25) is 9.69 Å². The largest absolute Gasteiger partial charge is 0.379 e. The molecule has 1 aromatic carbocycles. The summed E-state index contributed by atoms with van der Waals surface area (Å²) in [6, 6.07) is 10.0. The quantitative estimate of drug-likeness (QED) is 0.810. The Bertz CT molecular complexity index is 408. The van der Waals surface area contributed by atoms with E-state index in [0.717, 1.165) is 37.7 Å². The van der Waals surface area contributed by atoms with Gasteiger partial charge in [-0.1, -0.05) is 18.2 Å². The van der Waals surface area contributed by atoms with Crippen molar-refractivity contribution in [2.24, 2.45) is 0 Å². The number of nitrogens with zero attached hydrogens (tertiary/aromatic N) is 1. The average Bonchev–Trinajstić information content (AvgIpc) is 2.49. The molecule has 5 heteroatoms. The summed E-state index contributed by atoms with van der Waals surface area (Å²) in [4.78, 5) is 15.5. The van der Waals surface area contributed by atoms with Crippen LogP contribution in [0.25, 0.3) is 0 Å². The van der Waals surface area contributed by atoms with E-state index in [2.05, 4.69) is 10.2 Å². The summed E-state index contributed by atoms with van der Waals surface area (Å²) in [5.41, 5.74) is 0. The third-order valence-electron chi connectivity index (χ3n) is 3.26. The van der Waals surface area contributed by atoms with Crippen LogP contribution in [0, 0.1) is 0 Å². The molecule has 4 nitrogen and oxygen atoms in total. The normalized spacial score (nSPS) is 17.6. The Labute approximate surface area is 124 Å². The molecule has 0 radical (unpaired) electrons. The number of rotatable bonds is 6. The van der Waals surface area contributed by atoms with Crippen LogP contribution in [-0.2, 0) is 9.53 Å². The number of carbonyl (C=O) groups excluding carboxylic acids is 1. The molecular formula is C15H22N2O2S. The van der Waals surface area contributed by atoms with E-state index in [9.17, 15) is 4.79 Å². The second-order valence-electron chi connectivity index (χ2n) is 4.82. The van der Waals surface area contributed by atoms with Crippen LogP contribution in [-0.4, -0.2) is 55.4 Å². The standard InChI is InChI=1S/C15H22N2O2S/c1-13(20-14-5-3-2-4-6-14)15(18)16-7-8-17-9-11-19-12-10-17/h2-6,13H,7-12H2,1H3,(H,16,18)/t13-/m1/s1. The molecule has 1 heterocycles. The number of benzene rings is 1. The zero-order chi connectivity index (χ0) is 14.2. The zero-order valence-electron chi connectivity index (χ0n) is 11.9. The molecule has 1 aromatic rings. The fraction of sp³-hybridized carbons (Fsp3) is 0.533. The van der Waals surface area contributed by atoms with Crippen LogP contribution in [0.4, 0.5) is 0 Å². The second-order valence-corrected chi connectivity index (χ2v) is 6.23. The van der Waals surface area contributed by atoms with Gasteiger partial charge in [-0.25, -0.2) is 0 Å². The Hall–Kier alpha value is -1.04. The molecule has 0 bridgehead atoms. The predicted octanol–water partition coefficient (Wildman–Crippen LogP) is 1.62. The first kappa shape index (κ1) is 15.4. The lowest BCUT2D eigenvalue weighted by Gasteiger charge is -2.26. The number of hydrogen-bond donors (Lipinski definition) is 1. The van der Waals surface area contributed by atoms with Gasteiger partial charge in [-0.05, 0) is 19.1 Å². The van der Waals surface area contributed by atoms with Gasteiger partial charge >= 0.3 is 0 Å². The molecule has 1 amide bonds. The maximum absolute atomic E-state index is 12.0. The minimum absolute atomic E-state index is 0.0675. The van der Waals surface area contributed by atoms with Crippen molar-refractivity contribution < 1.29 is 9.53 Å². The molecule has 1 N–H and O–H groups in total. The summed E-state index contributed by atoms with van der Waals surface area (Å²) in [6.45, 7) is 7.08. The molecule has 1 aliphatic heterocycles. The Morgan fingerprint density at radius 3 is 2.75 bits per heavy atom. The number of nitrogens with one attached hydrogen (secondary N) is 1. The van der Waals surface area contributed by atoms with Crippen molar-refractivity contribution in [1.29, 1.82) is 0 Å². The van der Waals surface area contributed by atoms with Crippen LogP contribution in [0.2, 0.25) is 0 Å². The van der Waals surface area contributed by atoms with E-state index in [1.54, 1.807) is 11.8 Å². The summed E-state index contributed by atoms with van der Waals surface area (Å²) < 4.78 is 5.30. The first-order valence-electron chi connectivity index (χ1n) is 7.05. The van der Waals surface area contributed by atoms with Crippen molar-refractivity contribution in [3.63, 3.8) is 0 Å². The van der Waals surface area contributed by atoms with Crippen LogP contribution in [0.1, 0.15) is 6.92 Å². The maximum Gasteiger partial charge on any atom is 0.233 e. The van der Waals surface area contributed by atoms with Gasteiger partial charge in [0.05, 0.1) is 18.5 Å². The molecule has 1 saturated heterocycles. The van der Waals surface area contributed by atoms with Crippen LogP contribution in [0.15, 0.2) is 35.2 Å². The number of carbonyl (C=O) groups is 1. The third-order valence-corrected chi connectivity index (χ3v) is 4.37. The lowest BCUT2D eigenvalue weighted by molar-refractivity contribution is -0.120. The molecule has 1 atom stereocenters. The van der Waals surface area contributed by atoms with Crippen molar-refractivity contribution in [2.75, 3.05) is 39.4 Å². The highest BCUT2D eigenvalue weighted by Crippen LogP contribution is 2.22. The summed E-state index contributed by atoms with van der Waals surface area (Å²) in [7, 11) is 0. The highest BCUT2D eigenvalue weighted by molar-refractivity contribution is 8.00. The first-order valence-corrected chi connectivity index (χ1v) is 7.93. The lowest BCUT2D eigenvalue weighted by atomic mass is 10.4. The molecule has 2 rings (SSSR count). The van der Waals surface area contributed by atoms with Crippen LogP contribution < -0.4 is 5.32 Å². The predicted molar refractivity (Wildman–Crippen MR) is 82.0 cm³/mol. The Morgan fingerprint density at radius 1 is 1.35 bits per heavy atom. The fourth-order valence-corrected chi connectivity index (χ4v) is 2.98. The molecule has 0 spiro atoms. The van der Waals surface area contributed by atoms with E-state index >= 15 is 0 Å². The highest BCUT2D eigenvalue weighted by atomic mass is 32.2. The zero-order valence-corrected chi connectivity index (χ0v) is 12.7. The van der Waals surface area contributed by atoms with Crippen molar-refractivity contribution in [3.05, 3.63) is 30.3 Å². The van der Waals surface area contributed by atoms with E-state index in [1.165, 1.54) is 0 Å². The molecule has 0 aromatic heterocycles. The van der Waals surface area contributed by atoms with E-state index in [1.807, 2.05) is 37.3 Å². The molecule has 0 saturated carbocycles. The van der Waals surface area contributed by atoms with Crippen molar-refractivity contribution in [1.82, 2.24) is 10.2 Å². The minimum Gasteiger partial charge on any atom is -0.379 e. The lowest BCUT2D eigenvalue weighted by Crippen LogP contribution is -2.42. The van der Waals surface area contributed by atoms with Gasteiger partial charge in [0.2, 0.25) is 5.91 Å². The molecule has 1 aliphatic rings. The molecule has 0 unspecified atom stereocenters. The highest BCUT2D eigenvalue weighted by Gasteiger charge is 2.15. The summed E-state index contributed by atoms with van der Waals surface area (Å²) in [6.07, 6.45) is 0. The Kier molecular flexibility index (Phi) is 6.36. The van der Waals surface area contributed by atoms with Gasteiger partial charge in [0.15, 0.2) is 0 Å². The molecule has 1 fully saturated rings. The second kappa shape index (κ2) is 8.29. The number of morpholine rings is 1. The minimum atomic E-state index is -0.0675. The van der Waals surface area contributed by atoms with Crippen LogP contribution in [0.3, 0.4) is 0 Å². The van der Waals surface area contributed by atoms with Gasteiger partial charge in [-0.15, -0.1) is 11.8 Å². The summed E-state index contributed by atoms with van der Waals surface area (Å²) >= 11 is 1.59. The van der Waals surface area contributed by atoms with E-state index < -0.39 is 0 Å². The van der Waals surface area contributed by atoms with Crippen molar-refractivity contribution >= 4 is 17.7 Å². The summed E-state index contributed by atoms with van der Waals surface area (Å²) in [5, 5.41) is 2.94. The van der Waals surface area contributed by atoms with Crippen molar-refractivity contribution in [3.8, 4) is 0 Å². The fourth-order valence-electron chi connectivity index (χ4n) is 2.06. The average molecular weight is 294 g/mol.